The van der Waals surface area contributed by atoms with E-state index < -0.39 is 16.0 Å². The van der Waals surface area contributed by atoms with E-state index in [0.717, 1.165) is 29.8 Å². The van der Waals surface area contributed by atoms with E-state index in [1.54, 1.807) is 24.3 Å². The fraction of sp³-hybridized carbons (Fsp3) is 0.389. The summed E-state index contributed by atoms with van der Waals surface area (Å²) >= 11 is 0. The minimum absolute atomic E-state index is 0.228. The van der Waals surface area contributed by atoms with Crippen LogP contribution in [0.1, 0.15) is 28.9 Å². The van der Waals surface area contributed by atoms with Crippen molar-refractivity contribution in [1.82, 2.24) is 14.3 Å². The first kappa shape index (κ1) is 18.5. The molecule has 2 aromatic rings. The molecule has 0 spiro atoms. The van der Waals surface area contributed by atoms with Crippen molar-refractivity contribution < 1.29 is 18.3 Å². The zero-order valence-electron chi connectivity index (χ0n) is 14.5. The number of sulfonamides is 1. The van der Waals surface area contributed by atoms with E-state index in [2.05, 4.69) is 9.97 Å². The Kier molecular flexibility index (Phi) is 5.33. The Balaban J connectivity index is 1.74. The Morgan fingerprint density at radius 2 is 2.00 bits per heavy atom. The number of hydrogen-bond acceptors (Lipinski definition) is 5. The van der Waals surface area contributed by atoms with Crippen LogP contribution in [-0.4, -0.2) is 53.1 Å². The number of nitrogens with zero attached hydrogens (tertiary/aromatic N) is 3. The second-order valence-electron chi connectivity index (χ2n) is 6.61. The molecule has 1 aromatic carbocycles. The SMILES string of the molecule is CS(=O)(=O)N1CCC[C@@H](Cc2cc(-c3ccc(C(=O)O)cc3)ncn2)C1. The Labute approximate surface area is 152 Å². The zero-order chi connectivity index (χ0) is 18.7. The van der Waals surface area contributed by atoms with Gasteiger partial charge in [0.25, 0.3) is 0 Å². The Bertz CT molecular complexity index is 897. The fourth-order valence-corrected chi connectivity index (χ4v) is 4.18. The molecular formula is C18H21N3O4S. The summed E-state index contributed by atoms with van der Waals surface area (Å²) < 4.78 is 25.1. The first-order valence-corrected chi connectivity index (χ1v) is 10.3. The van der Waals surface area contributed by atoms with Crippen molar-refractivity contribution in [2.45, 2.75) is 19.3 Å². The van der Waals surface area contributed by atoms with Gasteiger partial charge < -0.3 is 5.11 Å². The van der Waals surface area contributed by atoms with Crippen LogP contribution in [0.15, 0.2) is 36.7 Å². The smallest absolute Gasteiger partial charge is 0.335 e. The van der Waals surface area contributed by atoms with Gasteiger partial charge in [0, 0.05) is 24.3 Å². The third-order valence-electron chi connectivity index (χ3n) is 4.60. The van der Waals surface area contributed by atoms with Gasteiger partial charge in [-0.05, 0) is 43.4 Å². The van der Waals surface area contributed by atoms with Gasteiger partial charge in [-0.15, -0.1) is 0 Å². The maximum Gasteiger partial charge on any atom is 0.335 e. The van der Waals surface area contributed by atoms with E-state index >= 15 is 0 Å². The van der Waals surface area contributed by atoms with Crippen molar-refractivity contribution >= 4 is 16.0 Å². The molecule has 1 aromatic heterocycles. The summed E-state index contributed by atoms with van der Waals surface area (Å²) in [4.78, 5) is 19.5. The highest BCUT2D eigenvalue weighted by atomic mass is 32.2. The third-order valence-corrected chi connectivity index (χ3v) is 5.87. The molecule has 0 unspecified atom stereocenters. The predicted molar refractivity (Wildman–Crippen MR) is 97.3 cm³/mol. The number of carbonyl (C=O) groups is 1. The highest BCUT2D eigenvalue weighted by Gasteiger charge is 2.26. The molecule has 8 heteroatoms. The van der Waals surface area contributed by atoms with Crippen molar-refractivity contribution in [2.75, 3.05) is 19.3 Å². The van der Waals surface area contributed by atoms with Crippen LogP contribution in [0.4, 0.5) is 0 Å². The molecule has 0 aliphatic carbocycles. The molecular weight excluding hydrogens is 354 g/mol. The molecule has 1 fully saturated rings. The molecule has 0 saturated carbocycles. The van der Waals surface area contributed by atoms with E-state index in [1.165, 1.54) is 16.9 Å². The highest BCUT2D eigenvalue weighted by molar-refractivity contribution is 7.88. The van der Waals surface area contributed by atoms with Gasteiger partial charge in [-0.2, -0.15) is 0 Å². The van der Waals surface area contributed by atoms with Crippen molar-refractivity contribution in [3.8, 4) is 11.3 Å². The summed E-state index contributed by atoms with van der Waals surface area (Å²) in [6.45, 7) is 1.10. The number of piperidine rings is 1. The van der Waals surface area contributed by atoms with Gasteiger partial charge in [0.2, 0.25) is 10.0 Å². The van der Waals surface area contributed by atoms with E-state index in [1.807, 2.05) is 6.07 Å². The lowest BCUT2D eigenvalue weighted by molar-refractivity contribution is 0.0697. The quantitative estimate of drug-likeness (QED) is 0.858. The van der Waals surface area contributed by atoms with E-state index in [4.69, 9.17) is 5.11 Å². The molecule has 3 rings (SSSR count). The van der Waals surface area contributed by atoms with Crippen LogP contribution in [0.2, 0.25) is 0 Å². The van der Waals surface area contributed by atoms with E-state index in [0.29, 0.717) is 19.5 Å². The van der Waals surface area contributed by atoms with Crippen LogP contribution in [0.3, 0.4) is 0 Å². The van der Waals surface area contributed by atoms with Gasteiger partial charge in [0.15, 0.2) is 0 Å². The summed E-state index contributed by atoms with van der Waals surface area (Å²) in [6.07, 6.45) is 5.26. The molecule has 0 amide bonds. The maximum atomic E-state index is 11.8. The number of carboxylic acid groups (broad SMARTS) is 1. The van der Waals surface area contributed by atoms with E-state index in [9.17, 15) is 13.2 Å². The van der Waals surface area contributed by atoms with Gasteiger partial charge in [-0.25, -0.2) is 27.5 Å². The summed E-state index contributed by atoms with van der Waals surface area (Å²) in [6, 6.07) is 8.42. The molecule has 1 N–H and O–H groups in total. The second kappa shape index (κ2) is 7.51. The number of aromatic nitrogens is 2. The number of aromatic carboxylic acids is 1. The van der Waals surface area contributed by atoms with E-state index in [-0.39, 0.29) is 11.5 Å². The number of benzene rings is 1. The summed E-state index contributed by atoms with van der Waals surface area (Å²) in [5, 5.41) is 8.98. The molecule has 1 aliphatic rings. The van der Waals surface area contributed by atoms with Gasteiger partial charge >= 0.3 is 5.97 Å². The predicted octanol–water partition coefficient (Wildman–Crippen LogP) is 2.06. The first-order valence-electron chi connectivity index (χ1n) is 8.42. The van der Waals surface area contributed by atoms with Gasteiger partial charge in [-0.3, -0.25) is 0 Å². The van der Waals surface area contributed by atoms with Crippen LogP contribution in [0, 0.1) is 5.92 Å². The molecule has 26 heavy (non-hydrogen) atoms. The Morgan fingerprint density at radius 3 is 2.65 bits per heavy atom. The van der Waals surface area contributed by atoms with Crippen molar-refractivity contribution in [1.29, 1.82) is 0 Å². The molecule has 0 radical (unpaired) electrons. The topological polar surface area (TPSA) is 100 Å². The normalized spacial score (nSPS) is 18.6. The molecule has 2 heterocycles. The number of hydrogen-bond donors (Lipinski definition) is 1. The van der Waals surface area contributed by atoms with Crippen molar-refractivity contribution in [2.24, 2.45) is 5.92 Å². The van der Waals surface area contributed by atoms with Crippen LogP contribution in [-0.2, 0) is 16.4 Å². The largest absolute Gasteiger partial charge is 0.478 e. The average molecular weight is 375 g/mol. The van der Waals surface area contributed by atoms with Crippen LogP contribution in [0.5, 0.6) is 0 Å². The first-order chi connectivity index (χ1) is 12.3. The van der Waals surface area contributed by atoms with Crippen LogP contribution < -0.4 is 0 Å². The Hall–Kier alpha value is -2.32. The third kappa shape index (κ3) is 4.44. The minimum Gasteiger partial charge on any atom is -0.478 e. The summed E-state index contributed by atoms with van der Waals surface area (Å²) in [7, 11) is -3.16. The molecule has 1 aliphatic heterocycles. The number of rotatable bonds is 5. The highest BCUT2D eigenvalue weighted by Crippen LogP contribution is 2.24. The monoisotopic (exact) mass is 375 g/mol. The fourth-order valence-electron chi connectivity index (χ4n) is 3.24. The van der Waals surface area contributed by atoms with Gasteiger partial charge in [-0.1, -0.05) is 12.1 Å². The second-order valence-corrected chi connectivity index (χ2v) is 8.59. The number of carboxylic acids is 1. The lowest BCUT2D eigenvalue weighted by atomic mass is 9.94. The minimum atomic E-state index is -3.16. The van der Waals surface area contributed by atoms with Crippen LogP contribution in [0.25, 0.3) is 11.3 Å². The summed E-state index contributed by atoms with van der Waals surface area (Å²) in [5.41, 5.74) is 2.63. The standard InChI is InChI=1S/C18H21N3O4S/c1-26(24,25)21-8-2-3-13(11-21)9-16-10-17(20-12-19-16)14-4-6-15(7-5-14)18(22)23/h4-7,10,12-13H,2-3,8-9,11H2,1H3,(H,22,23)/t13-/m0/s1. The summed E-state index contributed by atoms with van der Waals surface area (Å²) in [5.74, 6) is -0.733. The maximum absolute atomic E-state index is 11.8. The van der Waals surface area contributed by atoms with Crippen molar-refractivity contribution in [3.05, 3.63) is 47.9 Å². The lowest BCUT2D eigenvalue weighted by Crippen LogP contribution is -2.39. The Morgan fingerprint density at radius 1 is 1.27 bits per heavy atom. The van der Waals surface area contributed by atoms with Crippen molar-refractivity contribution in [3.63, 3.8) is 0 Å². The molecule has 138 valence electrons. The van der Waals surface area contributed by atoms with Gasteiger partial charge in [0.1, 0.15) is 6.33 Å². The lowest BCUT2D eigenvalue weighted by Gasteiger charge is -2.30. The molecule has 0 bridgehead atoms. The molecule has 1 atom stereocenters. The molecule has 1 saturated heterocycles. The van der Waals surface area contributed by atoms with Gasteiger partial charge in [0.05, 0.1) is 17.5 Å². The molecule has 7 nitrogen and oxygen atoms in total. The zero-order valence-corrected chi connectivity index (χ0v) is 15.3. The average Bonchev–Trinajstić information content (AvgIpc) is 2.61. The van der Waals surface area contributed by atoms with Crippen LogP contribution >= 0.6 is 0 Å².